The van der Waals surface area contributed by atoms with Gasteiger partial charge in [-0.1, -0.05) is 6.07 Å². The highest BCUT2D eigenvalue weighted by Crippen LogP contribution is 2.29. The topological polar surface area (TPSA) is 30.5 Å². The van der Waals surface area contributed by atoms with Gasteiger partial charge in [-0.25, -0.2) is 0 Å². The first-order chi connectivity index (χ1) is 8.31. The van der Waals surface area contributed by atoms with E-state index in [-0.39, 0.29) is 11.6 Å². The van der Waals surface area contributed by atoms with Crippen LogP contribution in [0, 0.1) is 0 Å². The monoisotopic (exact) mass is 251 g/mol. The van der Waals surface area contributed by atoms with Gasteiger partial charge in [-0.15, -0.1) is 0 Å². The number of nitrogens with one attached hydrogen (secondary N) is 1. The van der Waals surface area contributed by atoms with Crippen LogP contribution in [0.5, 0.6) is 11.5 Å². The van der Waals surface area contributed by atoms with Gasteiger partial charge in [0.15, 0.2) is 11.5 Å². The maximum atomic E-state index is 5.69. The fourth-order valence-corrected chi connectivity index (χ4v) is 1.54. The molecule has 0 aliphatic heterocycles. The van der Waals surface area contributed by atoms with E-state index in [9.17, 15) is 0 Å². The van der Waals surface area contributed by atoms with E-state index in [1.54, 1.807) is 7.11 Å². The van der Waals surface area contributed by atoms with Crippen molar-refractivity contribution in [1.29, 1.82) is 0 Å². The first kappa shape index (κ1) is 14.8. The summed E-state index contributed by atoms with van der Waals surface area (Å²) in [5.74, 6) is 1.59. The summed E-state index contributed by atoms with van der Waals surface area (Å²) in [7, 11) is 1.67. The van der Waals surface area contributed by atoms with Gasteiger partial charge in [-0.3, -0.25) is 0 Å². The van der Waals surface area contributed by atoms with Crippen LogP contribution in [0.1, 0.15) is 40.2 Å². The maximum Gasteiger partial charge on any atom is 0.161 e. The van der Waals surface area contributed by atoms with Crippen molar-refractivity contribution in [3.05, 3.63) is 23.8 Å². The van der Waals surface area contributed by atoms with Crippen LogP contribution in [0.2, 0.25) is 0 Å². The van der Waals surface area contributed by atoms with Crippen LogP contribution >= 0.6 is 0 Å². The van der Waals surface area contributed by atoms with Crippen LogP contribution in [0.15, 0.2) is 18.2 Å². The van der Waals surface area contributed by atoms with Gasteiger partial charge in [-0.2, -0.15) is 0 Å². The quantitative estimate of drug-likeness (QED) is 0.870. The number of benzene rings is 1. The molecule has 0 amide bonds. The summed E-state index contributed by atoms with van der Waals surface area (Å²) in [4.78, 5) is 0. The molecule has 1 aromatic rings. The normalized spacial score (nSPS) is 11.7. The number of hydrogen-bond donors (Lipinski definition) is 1. The number of hydrogen-bond acceptors (Lipinski definition) is 3. The van der Waals surface area contributed by atoms with E-state index in [0.29, 0.717) is 0 Å². The Morgan fingerprint density at radius 3 is 2.33 bits per heavy atom. The molecule has 0 aliphatic rings. The summed E-state index contributed by atoms with van der Waals surface area (Å²) >= 11 is 0. The van der Waals surface area contributed by atoms with Crippen LogP contribution in [-0.4, -0.2) is 18.8 Å². The summed E-state index contributed by atoms with van der Waals surface area (Å²) in [5, 5.41) is 3.45. The van der Waals surface area contributed by atoms with Crippen LogP contribution in [0.3, 0.4) is 0 Å². The second-order valence-corrected chi connectivity index (χ2v) is 5.76. The highest BCUT2D eigenvalue weighted by Gasteiger charge is 2.11. The fraction of sp³-hybridized carbons (Fsp3) is 0.600. The number of ether oxygens (including phenoxy) is 2. The molecule has 1 N–H and O–H groups in total. The summed E-state index contributed by atoms with van der Waals surface area (Å²) in [5.41, 5.74) is 1.30. The molecule has 0 radical (unpaired) electrons. The van der Waals surface area contributed by atoms with Crippen LogP contribution < -0.4 is 14.8 Å². The molecule has 18 heavy (non-hydrogen) atoms. The highest BCUT2D eigenvalue weighted by molar-refractivity contribution is 5.43. The molecule has 0 bridgehead atoms. The molecule has 3 nitrogen and oxygen atoms in total. The fourth-order valence-electron chi connectivity index (χ4n) is 1.54. The van der Waals surface area contributed by atoms with Gasteiger partial charge in [0, 0.05) is 12.1 Å². The van der Waals surface area contributed by atoms with E-state index in [1.807, 2.05) is 26.0 Å². The van der Waals surface area contributed by atoms with Gasteiger partial charge in [-0.05, 0) is 52.3 Å². The molecule has 0 saturated heterocycles. The van der Waals surface area contributed by atoms with Crippen molar-refractivity contribution in [2.45, 2.75) is 52.8 Å². The zero-order valence-electron chi connectivity index (χ0n) is 12.3. The molecule has 0 aromatic heterocycles. The SMILES string of the molecule is COc1cc(CNC(C)(C)C)ccc1OC(C)C. The third-order valence-electron chi connectivity index (χ3n) is 2.41. The molecular weight excluding hydrogens is 226 g/mol. The average Bonchev–Trinajstić information content (AvgIpc) is 2.26. The minimum absolute atomic E-state index is 0.111. The molecule has 1 aromatic carbocycles. The minimum atomic E-state index is 0.111. The molecule has 0 aliphatic carbocycles. The van der Waals surface area contributed by atoms with Crippen molar-refractivity contribution in [3.8, 4) is 11.5 Å². The lowest BCUT2D eigenvalue weighted by Crippen LogP contribution is -2.35. The number of methoxy groups -OCH3 is 1. The first-order valence-electron chi connectivity index (χ1n) is 6.40. The van der Waals surface area contributed by atoms with Crippen molar-refractivity contribution < 1.29 is 9.47 Å². The molecule has 0 fully saturated rings. The largest absolute Gasteiger partial charge is 0.493 e. The predicted molar refractivity (Wildman–Crippen MR) is 75.4 cm³/mol. The Morgan fingerprint density at radius 1 is 1.17 bits per heavy atom. The Labute approximate surface area is 110 Å². The van der Waals surface area contributed by atoms with Crippen molar-refractivity contribution in [1.82, 2.24) is 5.32 Å². The Balaban J connectivity index is 2.78. The third kappa shape index (κ3) is 4.96. The molecule has 1 rings (SSSR count). The lowest BCUT2D eigenvalue weighted by atomic mass is 10.1. The standard InChI is InChI=1S/C15H25NO2/c1-11(2)18-13-8-7-12(9-14(13)17-6)10-16-15(3,4)5/h7-9,11,16H,10H2,1-6H3. The summed E-state index contributed by atoms with van der Waals surface area (Å²) in [6, 6.07) is 6.06. The second kappa shape index (κ2) is 6.10. The minimum Gasteiger partial charge on any atom is -0.493 e. The van der Waals surface area contributed by atoms with Crippen molar-refractivity contribution in [2.75, 3.05) is 7.11 Å². The average molecular weight is 251 g/mol. The summed E-state index contributed by atoms with van der Waals surface area (Å²) in [6.45, 7) is 11.3. The van der Waals surface area contributed by atoms with Crippen LogP contribution in [0.25, 0.3) is 0 Å². The second-order valence-electron chi connectivity index (χ2n) is 5.76. The molecule has 0 spiro atoms. The summed E-state index contributed by atoms with van der Waals surface area (Å²) in [6.07, 6.45) is 0.150. The van der Waals surface area contributed by atoms with E-state index in [4.69, 9.17) is 9.47 Å². The summed E-state index contributed by atoms with van der Waals surface area (Å²) < 4.78 is 11.1. The molecular formula is C15H25NO2. The zero-order valence-corrected chi connectivity index (χ0v) is 12.3. The molecule has 0 saturated carbocycles. The molecule has 0 heterocycles. The van der Waals surface area contributed by atoms with E-state index in [0.717, 1.165) is 18.0 Å². The van der Waals surface area contributed by atoms with Gasteiger partial charge in [0.1, 0.15) is 0 Å². The van der Waals surface area contributed by atoms with Crippen molar-refractivity contribution >= 4 is 0 Å². The highest BCUT2D eigenvalue weighted by atomic mass is 16.5. The lowest BCUT2D eigenvalue weighted by molar-refractivity contribution is 0.230. The van der Waals surface area contributed by atoms with Gasteiger partial charge in [0.05, 0.1) is 13.2 Å². The first-order valence-corrected chi connectivity index (χ1v) is 6.40. The Hall–Kier alpha value is -1.22. The Morgan fingerprint density at radius 2 is 1.83 bits per heavy atom. The molecule has 0 unspecified atom stereocenters. The molecule has 3 heteroatoms. The van der Waals surface area contributed by atoms with E-state index in [2.05, 4.69) is 32.2 Å². The lowest BCUT2D eigenvalue weighted by Gasteiger charge is -2.21. The zero-order chi connectivity index (χ0) is 13.8. The smallest absolute Gasteiger partial charge is 0.161 e. The van der Waals surface area contributed by atoms with E-state index in [1.165, 1.54) is 5.56 Å². The molecule has 0 atom stereocenters. The Bertz CT molecular complexity index is 381. The third-order valence-corrected chi connectivity index (χ3v) is 2.41. The van der Waals surface area contributed by atoms with Crippen LogP contribution in [-0.2, 0) is 6.54 Å². The van der Waals surface area contributed by atoms with Gasteiger partial charge in [0.25, 0.3) is 0 Å². The van der Waals surface area contributed by atoms with Gasteiger partial charge in [0.2, 0.25) is 0 Å². The Kier molecular flexibility index (Phi) is 5.03. The van der Waals surface area contributed by atoms with Crippen molar-refractivity contribution in [3.63, 3.8) is 0 Å². The van der Waals surface area contributed by atoms with E-state index < -0.39 is 0 Å². The van der Waals surface area contributed by atoms with Crippen molar-refractivity contribution in [2.24, 2.45) is 0 Å². The maximum absolute atomic E-state index is 5.69. The predicted octanol–water partition coefficient (Wildman–Crippen LogP) is 3.37. The van der Waals surface area contributed by atoms with Crippen LogP contribution in [0.4, 0.5) is 0 Å². The van der Waals surface area contributed by atoms with Gasteiger partial charge < -0.3 is 14.8 Å². The molecule has 102 valence electrons. The van der Waals surface area contributed by atoms with Gasteiger partial charge >= 0.3 is 0 Å². The number of rotatable bonds is 5. The van der Waals surface area contributed by atoms with E-state index >= 15 is 0 Å².